The van der Waals surface area contributed by atoms with Gasteiger partial charge in [-0.3, -0.25) is 4.90 Å². The number of carbonyl (C=O) groups is 1. The molecule has 10 heavy (non-hydrogen) atoms. The molecule has 0 spiro atoms. The van der Waals surface area contributed by atoms with Crippen LogP contribution in [0.4, 0.5) is 4.79 Å². The molecule has 3 nitrogen and oxygen atoms in total. The molecule has 0 aromatic rings. The van der Waals surface area contributed by atoms with Crippen molar-refractivity contribution in [2.45, 2.75) is 11.8 Å². The topological polar surface area (TPSA) is 46.3 Å². The molecule has 1 rings (SSSR count). The van der Waals surface area contributed by atoms with Crippen LogP contribution in [0.2, 0.25) is 0 Å². The zero-order chi connectivity index (χ0) is 7.56. The Kier molecular flexibility index (Phi) is 2.21. The van der Waals surface area contributed by atoms with Crippen LogP contribution in [0.1, 0.15) is 6.42 Å². The molecule has 0 aromatic carbocycles. The summed E-state index contributed by atoms with van der Waals surface area (Å²) in [6.45, 7) is 3.69. The minimum Gasteiger partial charge on any atom is -0.351 e. The number of carbonyl (C=O) groups excluding carboxylic acids is 1. The van der Waals surface area contributed by atoms with Crippen molar-refractivity contribution in [3.8, 4) is 0 Å². The highest BCUT2D eigenvalue weighted by Crippen LogP contribution is 2.26. The molecule has 1 heterocycles. The molecule has 2 N–H and O–H groups in total. The van der Waals surface area contributed by atoms with E-state index >= 15 is 0 Å². The lowest BCUT2D eigenvalue weighted by Gasteiger charge is -2.18. The fraction of sp³-hybridized carbons (Fsp3) is 0.333. The van der Waals surface area contributed by atoms with Crippen molar-refractivity contribution in [1.29, 1.82) is 0 Å². The summed E-state index contributed by atoms with van der Waals surface area (Å²) in [5, 5.41) is 1.96. The summed E-state index contributed by atoms with van der Waals surface area (Å²) in [7, 11) is 0. The fourth-order valence-corrected chi connectivity index (χ4v) is 1.60. The summed E-state index contributed by atoms with van der Waals surface area (Å²) in [5.74, 6) is 0. The molecule has 0 bridgehead atoms. The van der Waals surface area contributed by atoms with E-state index in [1.165, 1.54) is 4.90 Å². The predicted molar refractivity (Wildman–Crippen MR) is 41.9 cm³/mol. The quantitative estimate of drug-likeness (QED) is 0.620. The molecular formula is C6H9N2OS. The van der Waals surface area contributed by atoms with Crippen LogP contribution in [-0.2, 0) is 0 Å². The Balaban J connectivity index is 2.57. The molecule has 0 saturated heterocycles. The van der Waals surface area contributed by atoms with Crippen LogP contribution in [-0.4, -0.2) is 16.3 Å². The van der Waals surface area contributed by atoms with Gasteiger partial charge >= 0.3 is 6.03 Å². The van der Waals surface area contributed by atoms with Crippen LogP contribution in [0.3, 0.4) is 0 Å². The molecule has 0 aromatic heterocycles. The summed E-state index contributed by atoms with van der Waals surface area (Å²) in [4.78, 5) is 12.1. The summed E-state index contributed by atoms with van der Waals surface area (Å²) in [5.41, 5.74) is 5.06. The van der Waals surface area contributed by atoms with Gasteiger partial charge < -0.3 is 5.73 Å². The molecule has 1 radical (unpaired) electrons. The number of thioether (sulfide) groups is 1. The Morgan fingerprint density at radius 3 is 3.00 bits per heavy atom. The summed E-state index contributed by atoms with van der Waals surface area (Å²) >= 11 is 1.56. The first-order valence-electron chi connectivity index (χ1n) is 2.95. The van der Waals surface area contributed by atoms with E-state index in [1.54, 1.807) is 18.0 Å². The second-order valence-electron chi connectivity index (χ2n) is 1.91. The largest absolute Gasteiger partial charge is 0.351 e. The van der Waals surface area contributed by atoms with Gasteiger partial charge in [0.15, 0.2) is 0 Å². The molecule has 55 valence electrons. The maximum atomic E-state index is 10.6. The molecule has 1 aliphatic heterocycles. The Morgan fingerprint density at radius 2 is 2.60 bits per heavy atom. The van der Waals surface area contributed by atoms with E-state index in [-0.39, 0.29) is 5.37 Å². The highest BCUT2D eigenvalue weighted by Gasteiger charge is 2.21. The lowest BCUT2D eigenvalue weighted by molar-refractivity contribution is 0.223. The SMILES string of the molecule is [CH2]CC1SC=CN1C(N)=O. The Morgan fingerprint density at radius 1 is 1.90 bits per heavy atom. The first-order valence-corrected chi connectivity index (χ1v) is 3.89. The molecule has 1 aliphatic rings. The van der Waals surface area contributed by atoms with Gasteiger partial charge in [-0.25, -0.2) is 4.79 Å². The van der Waals surface area contributed by atoms with Crippen molar-refractivity contribution < 1.29 is 4.79 Å². The summed E-state index contributed by atoms with van der Waals surface area (Å²) in [6.07, 6.45) is 2.36. The minimum atomic E-state index is -0.408. The molecule has 0 saturated carbocycles. The first kappa shape index (κ1) is 7.47. The third kappa shape index (κ3) is 1.26. The van der Waals surface area contributed by atoms with Gasteiger partial charge in [0, 0.05) is 6.20 Å². The van der Waals surface area contributed by atoms with Crippen molar-refractivity contribution in [2.75, 3.05) is 0 Å². The smallest absolute Gasteiger partial charge is 0.319 e. The van der Waals surface area contributed by atoms with Crippen LogP contribution in [0.15, 0.2) is 11.6 Å². The number of rotatable bonds is 1. The monoisotopic (exact) mass is 157 g/mol. The lowest BCUT2D eigenvalue weighted by Crippen LogP contribution is -2.35. The number of nitrogens with zero attached hydrogens (tertiary/aromatic N) is 1. The third-order valence-corrected chi connectivity index (χ3v) is 2.32. The molecule has 1 unspecified atom stereocenters. The van der Waals surface area contributed by atoms with Crippen LogP contribution in [0.25, 0.3) is 0 Å². The molecular weight excluding hydrogens is 148 g/mol. The Labute approximate surface area is 64.3 Å². The molecule has 2 amide bonds. The summed E-state index contributed by atoms with van der Waals surface area (Å²) < 4.78 is 0. The normalized spacial score (nSPS) is 23.7. The number of hydrogen-bond acceptors (Lipinski definition) is 2. The van der Waals surface area contributed by atoms with Crippen molar-refractivity contribution >= 4 is 17.8 Å². The predicted octanol–water partition coefficient (Wildman–Crippen LogP) is 1.14. The fourth-order valence-electron chi connectivity index (χ4n) is 0.775. The number of urea groups is 1. The van der Waals surface area contributed by atoms with E-state index in [1.807, 2.05) is 5.41 Å². The average molecular weight is 157 g/mol. The third-order valence-electron chi connectivity index (χ3n) is 1.27. The second-order valence-corrected chi connectivity index (χ2v) is 3.00. The standard InChI is InChI=1S/C6H9N2OS/c1-2-5-8(6(7)9)3-4-10-5/h3-5H,1-2H2,(H2,7,9). The van der Waals surface area contributed by atoms with Gasteiger partial charge in [-0.05, 0) is 11.8 Å². The zero-order valence-corrected chi connectivity index (χ0v) is 6.30. The van der Waals surface area contributed by atoms with E-state index in [2.05, 4.69) is 6.92 Å². The zero-order valence-electron chi connectivity index (χ0n) is 5.49. The highest BCUT2D eigenvalue weighted by molar-refractivity contribution is 8.02. The van der Waals surface area contributed by atoms with Gasteiger partial charge in [0.2, 0.25) is 0 Å². The van der Waals surface area contributed by atoms with Crippen molar-refractivity contribution in [3.05, 3.63) is 18.5 Å². The lowest BCUT2D eigenvalue weighted by atomic mass is 10.4. The van der Waals surface area contributed by atoms with Crippen LogP contribution < -0.4 is 5.73 Å². The maximum absolute atomic E-state index is 10.6. The number of hydrogen-bond donors (Lipinski definition) is 1. The van der Waals surface area contributed by atoms with E-state index in [0.717, 1.165) is 0 Å². The van der Waals surface area contributed by atoms with Crippen molar-refractivity contribution in [1.82, 2.24) is 4.90 Å². The summed E-state index contributed by atoms with van der Waals surface area (Å²) in [6, 6.07) is -0.408. The van der Waals surface area contributed by atoms with E-state index < -0.39 is 6.03 Å². The van der Waals surface area contributed by atoms with Gasteiger partial charge in [0.05, 0.1) is 5.37 Å². The highest BCUT2D eigenvalue weighted by atomic mass is 32.2. The van der Waals surface area contributed by atoms with Crippen LogP contribution >= 0.6 is 11.8 Å². The number of primary amides is 1. The van der Waals surface area contributed by atoms with Crippen LogP contribution in [0, 0.1) is 6.92 Å². The van der Waals surface area contributed by atoms with Gasteiger partial charge in [0.1, 0.15) is 0 Å². The van der Waals surface area contributed by atoms with Gasteiger partial charge in [-0.2, -0.15) is 0 Å². The maximum Gasteiger partial charge on any atom is 0.319 e. The number of nitrogens with two attached hydrogens (primary N) is 1. The Bertz CT molecular complexity index is 169. The van der Waals surface area contributed by atoms with Gasteiger partial charge in [0.25, 0.3) is 0 Å². The first-order chi connectivity index (χ1) is 4.75. The number of amides is 2. The molecule has 0 fully saturated rings. The van der Waals surface area contributed by atoms with Crippen LogP contribution in [0.5, 0.6) is 0 Å². The van der Waals surface area contributed by atoms with E-state index in [0.29, 0.717) is 6.42 Å². The van der Waals surface area contributed by atoms with Crippen molar-refractivity contribution in [3.63, 3.8) is 0 Å². The molecule has 0 aliphatic carbocycles. The van der Waals surface area contributed by atoms with E-state index in [9.17, 15) is 4.79 Å². The van der Waals surface area contributed by atoms with Gasteiger partial charge in [-0.1, -0.05) is 6.92 Å². The minimum absolute atomic E-state index is 0.109. The Hall–Kier alpha value is -0.640. The average Bonchev–Trinajstić information content (AvgIpc) is 2.33. The van der Waals surface area contributed by atoms with Gasteiger partial charge in [-0.15, -0.1) is 11.8 Å². The molecule has 4 heteroatoms. The van der Waals surface area contributed by atoms with Crippen molar-refractivity contribution in [2.24, 2.45) is 5.73 Å². The second kappa shape index (κ2) is 2.96. The molecule has 1 atom stereocenters. The van der Waals surface area contributed by atoms with E-state index in [4.69, 9.17) is 5.73 Å².